The molecule has 0 saturated heterocycles. The van der Waals surface area contributed by atoms with Gasteiger partial charge in [0.1, 0.15) is 0 Å². The van der Waals surface area contributed by atoms with Crippen molar-refractivity contribution in [1.82, 2.24) is 10.2 Å². The summed E-state index contributed by atoms with van der Waals surface area (Å²) in [5.74, 6) is 0.123. The van der Waals surface area contributed by atoms with Gasteiger partial charge in [0.25, 0.3) is 5.91 Å². The highest BCUT2D eigenvalue weighted by Crippen LogP contribution is 2.32. The molecule has 2 heterocycles. The quantitative estimate of drug-likeness (QED) is 0.834. The average Bonchev–Trinajstić information content (AvgIpc) is 2.63. The Kier molecular flexibility index (Phi) is 4.13. The second-order valence-corrected chi connectivity index (χ2v) is 6.54. The number of rotatable bonds is 2. The summed E-state index contributed by atoms with van der Waals surface area (Å²) in [5.41, 5.74) is 0. The minimum Gasteiger partial charge on any atom is -0.304 e. The molecule has 1 amide bonds. The van der Waals surface area contributed by atoms with E-state index in [1.807, 2.05) is 0 Å². The normalized spacial score (nSPS) is 10.3. The Hall–Kier alpha value is -0.500. The van der Waals surface area contributed by atoms with Crippen LogP contribution in [0.25, 0.3) is 0 Å². The van der Waals surface area contributed by atoms with Gasteiger partial charge in [-0.3, -0.25) is 4.79 Å². The predicted molar refractivity (Wildman–Crippen MR) is 74.7 cm³/mol. The van der Waals surface area contributed by atoms with Gasteiger partial charge in [0.15, 0.2) is 11.0 Å². The highest BCUT2D eigenvalue weighted by atomic mass is 79.9. The van der Waals surface area contributed by atoms with Crippen LogP contribution in [0.2, 0.25) is 5.15 Å². The van der Waals surface area contributed by atoms with E-state index in [2.05, 4.69) is 47.4 Å². The first kappa shape index (κ1) is 12.9. The fraction of sp³-hybridized carbons (Fsp3) is 0. The number of hydrogen-bond donors (Lipinski definition) is 1. The molecule has 88 valence electrons. The van der Waals surface area contributed by atoms with Crippen molar-refractivity contribution in [3.63, 3.8) is 0 Å². The van der Waals surface area contributed by atoms with E-state index in [4.69, 9.17) is 11.6 Å². The summed E-state index contributed by atoms with van der Waals surface area (Å²) >= 11 is 13.6. The third-order valence-corrected chi connectivity index (χ3v) is 5.20. The van der Waals surface area contributed by atoms with Crippen LogP contribution >= 0.6 is 54.8 Å². The molecule has 2 aromatic heterocycles. The second kappa shape index (κ2) is 5.43. The average molecular weight is 397 g/mol. The lowest BCUT2D eigenvalue weighted by molar-refractivity contribution is 0.103. The number of halogens is 3. The van der Waals surface area contributed by atoms with Gasteiger partial charge in [0, 0.05) is 4.47 Å². The Morgan fingerprint density at radius 1 is 1.35 bits per heavy atom. The van der Waals surface area contributed by atoms with Crippen LogP contribution in [0.5, 0.6) is 0 Å². The molecule has 1 N–H and O–H groups in total. The number of thiophene rings is 1. The lowest BCUT2D eigenvalue weighted by Crippen LogP contribution is -2.11. The van der Waals surface area contributed by atoms with Crippen molar-refractivity contribution in [2.45, 2.75) is 0 Å². The molecule has 0 aromatic carbocycles. The fourth-order valence-electron chi connectivity index (χ4n) is 1.02. The maximum absolute atomic E-state index is 11.8. The molecule has 4 nitrogen and oxygen atoms in total. The van der Waals surface area contributed by atoms with Crippen LogP contribution in [0.15, 0.2) is 26.5 Å². The number of carbonyl (C=O) groups excluding carboxylic acids is 1. The van der Waals surface area contributed by atoms with Crippen molar-refractivity contribution < 1.29 is 4.79 Å². The van der Waals surface area contributed by atoms with Crippen molar-refractivity contribution in [2.75, 3.05) is 5.32 Å². The molecule has 0 atom stereocenters. The largest absolute Gasteiger partial charge is 0.304 e. The number of anilines is 1. The first-order valence-corrected chi connectivity index (χ1v) is 7.10. The molecule has 8 heteroatoms. The third kappa shape index (κ3) is 3.25. The predicted octanol–water partition coefficient (Wildman–Crippen LogP) is 3.97. The smallest absolute Gasteiger partial charge is 0.267 e. The lowest BCUT2D eigenvalue weighted by Gasteiger charge is -2.00. The zero-order chi connectivity index (χ0) is 12.4. The van der Waals surface area contributed by atoms with E-state index in [9.17, 15) is 4.79 Å². The third-order valence-electron chi connectivity index (χ3n) is 1.74. The van der Waals surface area contributed by atoms with Crippen molar-refractivity contribution in [3.8, 4) is 0 Å². The summed E-state index contributed by atoms with van der Waals surface area (Å²) < 4.78 is 1.71. The molecule has 0 unspecified atom stereocenters. The number of nitrogens with zero attached hydrogens (tertiary/aromatic N) is 2. The van der Waals surface area contributed by atoms with Crippen LogP contribution in [0, 0.1) is 0 Å². The highest BCUT2D eigenvalue weighted by molar-refractivity contribution is 9.13. The number of aromatic nitrogens is 2. The van der Waals surface area contributed by atoms with Gasteiger partial charge >= 0.3 is 0 Å². The zero-order valence-corrected chi connectivity index (χ0v) is 12.8. The van der Waals surface area contributed by atoms with Gasteiger partial charge in [-0.2, -0.15) is 0 Å². The van der Waals surface area contributed by atoms with Crippen molar-refractivity contribution in [2.24, 2.45) is 0 Å². The summed E-state index contributed by atoms with van der Waals surface area (Å²) in [6, 6.07) is 4.88. The van der Waals surface area contributed by atoms with Gasteiger partial charge in [-0.05, 0) is 50.1 Å². The summed E-state index contributed by atoms with van der Waals surface area (Å²) in [7, 11) is 0. The summed E-state index contributed by atoms with van der Waals surface area (Å²) in [6.07, 6.45) is 0. The monoisotopic (exact) mass is 395 g/mol. The molecule has 0 spiro atoms. The molecule has 2 aromatic rings. The Bertz CT molecular complexity index is 538. The van der Waals surface area contributed by atoms with Crippen LogP contribution in [0.4, 0.5) is 5.82 Å². The van der Waals surface area contributed by atoms with E-state index >= 15 is 0 Å². The molecule has 17 heavy (non-hydrogen) atoms. The van der Waals surface area contributed by atoms with Crippen LogP contribution in [-0.4, -0.2) is 16.1 Å². The number of carbonyl (C=O) groups is 1. The van der Waals surface area contributed by atoms with E-state index in [1.165, 1.54) is 11.3 Å². The van der Waals surface area contributed by atoms with Crippen molar-refractivity contribution in [3.05, 3.63) is 36.5 Å². The molecule has 0 fully saturated rings. The van der Waals surface area contributed by atoms with Crippen molar-refractivity contribution in [1.29, 1.82) is 0 Å². The maximum Gasteiger partial charge on any atom is 0.267 e. The zero-order valence-electron chi connectivity index (χ0n) is 8.08. The second-order valence-electron chi connectivity index (χ2n) is 2.93. The molecule has 2 rings (SSSR count). The van der Waals surface area contributed by atoms with Crippen LogP contribution in [0.3, 0.4) is 0 Å². The van der Waals surface area contributed by atoms with E-state index in [1.54, 1.807) is 18.2 Å². The lowest BCUT2D eigenvalue weighted by atomic mass is 10.4. The minimum absolute atomic E-state index is 0.238. The molecule has 0 bridgehead atoms. The highest BCUT2D eigenvalue weighted by Gasteiger charge is 2.12. The summed E-state index contributed by atoms with van der Waals surface area (Å²) in [4.78, 5) is 12.4. The van der Waals surface area contributed by atoms with Crippen LogP contribution in [-0.2, 0) is 0 Å². The molecule has 0 aliphatic rings. The topological polar surface area (TPSA) is 54.9 Å². The number of hydrogen-bond acceptors (Lipinski definition) is 4. The van der Waals surface area contributed by atoms with Crippen LogP contribution in [0.1, 0.15) is 9.67 Å². The first-order chi connectivity index (χ1) is 8.06. The molecule has 0 aliphatic carbocycles. The van der Waals surface area contributed by atoms with E-state index in [0.29, 0.717) is 10.7 Å². The number of amides is 1. The Balaban J connectivity index is 2.14. The number of nitrogens with one attached hydrogen (secondary N) is 1. The Morgan fingerprint density at radius 2 is 2.12 bits per heavy atom. The fourth-order valence-corrected chi connectivity index (χ4v) is 3.05. The van der Waals surface area contributed by atoms with Crippen molar-refractivity contribution >= 4 is 66.5 Å². The standard InChI is InChI=1S/C9H4Br2ClN3OS/c10-4-3-5(17-8(4)11)9(16)13-7-2-1-6(12)14-15-7/h1-3H,(H,13,15,16). The molecule has 0 saturated carbocycles. The maximum atomic E-state index is 11.8. The van der Waals surface area contributed by atoms with Gasteiger partial charge in [0.05, 0.1) is 8.66 Å². The van der Waals surface area contributed by atoms with Gasteiger partial charge in [-0.1, -0.05) is 11.6 Å². The van der Waals surface area contributed by atoms with Gasteiger partial charge in [0.2, 0.25) is 0 Å². The van der Waals surface area contributed by atoms with E-state index < -0.39 is 0 Å². The Labute approximate surface area is 123 Å². The van der Waals surface area contributed by atoms with Gasteiger partial charge in [-0.15, -0.1) is 21.5 Å². The summed E-state index contributed by atoms with van der Waals surface area (Å²) in [6.45, 7) is 0. The molecular weight excluding hydrogens is 393 g/mol. The SMILES string of the molecule is O=C(Nc1ccc(Cl)nn1)c1cc(Br)c(Br)s1. The molecule has 0 aliphatic heterocycles. The molecular formula is C9H4Br2ClN3OS. The van der Waals surface area contributed by atoms with Gasteiger partial charge < -0.3 is 5.32 Å². The van der Waals surface area contributed by atoms with E-state index in [0.717, 1.165) is 8.26 Å². The van der Waals surface area contributed by atoms with Crippen LogP contribution < -0.4 is 5.32 Å². The first-order valence-electron chi connectivity index (χ1n) is 4.31. The van der Waals surface area contributed by atoms with E-state index in [-0.39, 0.29) is 11.1 Å². The summed E-state index contributed by atoms with van der Waals surface area (Å²) in [5, 5.41) is 10.3. The minimum atomic E-state index is -0.238. The molecule has 0 radical (unpaired) electrons. The van der Waals surface area contributed by atoms with Gasteiger partial charge in [-0.25, -0.2) is 0 Å². The Morgan fingerprint density at radius 3 is 2.65 bits per heavy atom.